The third-order valence-corrected chi connectivity index (χ3v) is 4.52. The minimum absolute atomic E-state index is 0.0229. The van der Waals surface area contributed by atoms with E-state index in [-0.39, 0.29) is 24.5 Å². The zero-order chi connectivity index (χ0) is 17.0. The van der Waals surface area contributed by atoms with Crippen LogP contribution in [0.2, 0.25) is 0 Å². The maximum atomic E-state index is 12.0. The van der Waals surface area contributed by atoms with E-state index in [0.29, 0.717) is 19.4 Å². The van der Waals surface area contributed by atoms with E-state index in [1.165, 1.54) is 0 Å². The van der Waals surface area contributed by atoms with Gasteiger partial charge in [-0.25, -0.2) is 0 Å². The third kappa shape index (κ3) is 4.54. The van der Waals surface area contributed by atoms with E-state index < -0.39 is 5.97 Å². The maximum Gasteiger partial charge on any atom is 0.317 e. The van der Waals surface area contributed by atoms with Gasteiger partial charge in [-0.3, -0.25) is 14.5 Å². The molecule has 1 aromatic rings. The maximum absolute atomic E-state index is 12.0. The van der Waals surface area contributed by atoms with Gasteiger partial charge in [0.05, 0.1) is 12.2 Å². The number of aryl methyl sites for hydroxylation is 2. The Morgan fingerprint density at radius 2 is 2.09 bits per heavy atom. The molecule has 0 aromatic carbocycles. The second kappa shape index (κ2) is 7.59. The van der Waals surface area contributed by atoms with E-state index in [0.717, 1.165) is 29.9 Å². The molecular weight excluding hydrogens is 298 g/mol. The molecule has 0 saturated heterocycles. The Bertz CT molecular complexity index is 544. The van der Waals surface area contributed by atoms with Gasteiger partial charge < -0.3 is 14.9 Å². The number of nitrogens with zero attached hydrogens (tertiary/aromatic N) is 2. The molecule has 0 aliphatic heterocycles. The number of nitrogens with one attached hydrogen (secondary N) is 1. The number of carboxylic acid groups (broad SMARTS) is 1. The smallest absolute Gasteiger partial charge is 0.317 e. The van der Waals surface area contributed by atoms with E-state index in [1.54, 1.807) is 0 Å². The topological polar surface area (TPSA) is 95.7 Å². The van der Waals surface area contributed by atoms with Gasteiger partial charge in [0.25, 0.3) is 0 Å². The predicted molar refractivity (Wildman–Crippen MR) is 84.1 cm³/mol. The summed E-state index contributed by atoms with van der Waals surface area (Å²) in [6.07, 6.45) is 2.68. The van der Waals surface area contributed by atoms with Crippen LogP contribution in [-0.2, 0) is 16.0 Å². The highest BCUT2D eigenvalue weighted by Gasteiger charge is 2.34. The van der Waals surface area contributed by atoms with E-state index in [9.17, 15) is 9.59 Å². The first-order valence-electron chi connectivity index (χ1n) is 8.07. The fourth-order valence-electron chi connectivity index (χ4n) is 3.07. The SMILES string of the molecule is CCN(CC(=O)O)C1CC(NC(=O)CCc2c(C)noc2C)C1. The quantitative estimate of drug-likeness (QED) is 0.748. The van der Waals surface area contributed by atoms with Gasteiger partial charge >= 0.3 is 5.97 Å². The molecule has 0 atom stereocenters. The first-order valence-corrected chi connectivity index (χ1v) is 8.07. The largest absolute Gasteiger partial charge is 0.480 e. The zero-order valence-electron chi connectivity index (χ0n) is 14.0. The van der Waals surface area contributed by atoms with Gasteiger partial charge in [-0.05, 0) is 39.7 Å². The molecule has 0 spiro atoms. The summed E-state index contributed by atoms with van der Waals surface area (Å²) < 4.78 is 5.09. The molecule has 1 aliphatic rings. The van der Waals surface area contributed by atoms with Crippen LogP contribution >= 0.6 is 0 Å². The summed E-state index contributed by atoms with van der Waals surface area (Å²) in [6, 6.07) is 0.406. The summed E-state index contributed by atoms with van der Waals surface area (Å²) in [5, 5.41) is 15.8. The molecule has 1 aromatic heterocycles. The number of carboxylic acids is 1. The molecule has 1 fully saturated rings. The minimum Gasteiger partial charge on any atom is -0.480 e. The van der Waals surface area contributed by atoms with Crippen LogP contribution in [0.1, 0.15) is 43.2 Å². The summed E-state index contributed by atoms with van der Waals surface area (Å²) in [7, 11) is 0. The lowest BCUT2D eigenvalue weighted by molar-refractivity contribution is -0.139. The number of carbonyl (C=O) groups excluding carboxylic acids is 1. The normalized spacial score (nSPS) is 20.3. The number of amides is 1. The fraction of sp³-hybridized carbons (Fsp3) is 0.688. The van der Waals surface area contributed by atoms with E-state index in [4.69, 9.17) is 9.63 Å². The van der Waals surface area contributed by atoms with Crippen molar-refractivity contribution in [1.29, 1.82) is 0 Å². The van der Waals surface area contributed by atoms with Crippen LogP contribution < -0.4 is 5.32 Å². The number of rotatable bonds is 8. The Kier molecular flexibility index (Phi) is 5.76. The molecule has 0 bridgehead atoms. The Balaban J connectivity index is 1.71. The van der Waals surface area contributed by atoms with Crippen LogP contribution in [0.5, 0.6) is 0 Å². The van der Waals surface area contributed by atoms with Crippen molar-refractivity contribution in [3.8, 4) is 0 Å². The minimum atomic E-state index is -0.807. The molecule has 2 rings (SSSR count). The average Bonchev–Trinajstić information content (AvgIpc) is 2.77. The Hall–Kier alpha value is -1.89. The first kappa shape index (κ1) is 17.5. The standard InChI is InChI=1S/C16H25N3O4/c1-4-19(9-16(21)22)13-7-12(8-13)17-15(20)6-5-14-10(2)18-23-11(14)3/h12-13H,4-9H2,1-3H3,(H,17,20)(H,21,22). The lowest BCUT2D eigenvalue weighted by Crippen LogP contribution is -2.54. The molecule has 1 heterocycles. The molecule has 7 nitrogen and oxygen atoms in total. The molecule has 23 heavy (non-hydrogen) atoms. The first-order chi connectivity index (χ1) is 10.9. The van der Waals surface area contributed by atoms with Gasteiger partial charge in [0.2, 0.25) is 5.91 Å². The van der Waals surface area contributed by atoms with Crippen molar-refractivity contribution >= 4 is 11.9 Å². The third-order valence-electron chi connectivity index (χ3n) is 4.52. The van der Waals surface area contributed by atoms with Gasteiger partial charge in [0.15, 0.2) is 0 Å². The van der Waals surface area contributed by atoms with Crippen LogP contribution in [0, 0.1) is 13.8 Å². The van der Waals surface area contributed by atoms with Gasteiger partial charge in [-0.2, -0.15) is 0 Å². The number of hydrogen-bond acceptors (Lipinski definition) is 5. The molecule has 0 unspecified atom stereocenters. The van der Waals surface area contributed by atoms with Crippen molar-refractivity contribution in [3.05, 3.63) is 17.0 Å². The van der Waals surface area contributed by atoms with Crippen molar-refractivity contribution in [2.75, 3.05) is 13.1 Å². The van der Waals surface area contributed by atoms with Crippen molar-refractivity contribution < 1.29 is 19.2 Å². The van der Waals surface area contributed by atoms with Crippen LogP contribution in [-0.4, -0.2) is 52.2 Å². The van der Waals surface area contributed by atoms with Crippen molar-refractivity contribution in [3.63, 3.8) is 0 Å². The monoisotopic (exact) mass is 323 g/mol. The lowest BCUT2D eigenvalue weighted by atomic mass is 9.85. The molecule has 7 heteroatoms. The summed E-state index contributed by atoms with van der Waals surface area (Å²) >= 11 is 0. The molecule has 128 valence electrons. The van der Waals surface area contributed by atoms with Gasteiger partial charge in [0, 0.05) is 24.1 Å². The Morgan fingerprint density at radius 1 is 1.39 bits per heavy atom. The van der Waals surface area contributed by atoms with Gasteiger partial charge in [-0.15, -0.1) is 0 Å². The van der Waals surface area contributed by atoms with Crippen LogP contribution in [0.3, 0.4) is 0 Å². The molecule has 1 saturated carbocycles. The average molecular weight is 323 g/mol. The highest BCUT2D eigenvalue weighted by Crippen LogP contribution is 2.25. The van der Waals surface area contributed by atoms with Gasteiger partial charge in [0.1, 0.15) is 5.76 Å². The number of carbonyl (C=O) groups is 2. The van der Waals surface area contributed by atoms with E-state index in [1.807, 2.05) is 25.7 Å². The number of likely N-dealkylation sites (N-methyl/N-ethyl adjacent to an activating group) is 1. The van der Waals surface area contributed by atoms with Crippen LogP contribution in [0.15, 0.2) is 4.52 Å². The molecule has 1 aliphatic carbocycles. The van der Waals surface area contributed by atoms with Crippen molar-refractivity contribution in [1.82, 2.24) is 15.4 Å². The second-order valence-corrected chi connectivity index (χ2v) is 6.15. The highest BCUT2D eigenvalue weighted by molar-refractivity contribution is 5.76. The Morgan fingerprint density at radius 3 is 2.61 bits per heavy atom. The second-order valence-electron chi connectivity index (χ2n) is 6.15. The number of hydrogen-bond donors (Lipinski definition) is 2. The van der Waals surface area contributed by atoms with Crippen LogP contribution in [0.4, 0.5) is 0 Å². The number of aliphatic carboxylic acids is 1. The summed E-state index contributed by atoms with van der Waals surface area (Å²) in [5.74, 6) is -0.0141. The molecular formula is C16H25N3O4. The number of aromatic nitrogens is 1. The lowest BCUT2D eigenvalue weighted by Gasteiger charge is -2.42. The van der Waals surface area contributed by atoms with Gasteiger partial charge in [-0.1, -0.05) is 12.1 Å². The Labute approximate surface area is 136 Å². The zero-order valence-corrected chi connectivity index (χ0v) is 14.0. The van der Waals surface area contributed by atoms with E-state index >= 15 is 0 Å². The molecule has 1 amide bonds. The molecule has 0 radical (unpaired) electrons. The van der Waals surface area contributed by atoms with E-state index in [2.05, 4.69) is 10.5 Å². The predicted octanol–water partition coefficient (Wildman–Crippen LogP) is 1.28. The van der Waals surface area contributed by atoms with Crippen LogP contribution in [0.25, 0.3) is 0 Å². The summed E-state index contributed by atoms with van der Waals surface area (Å²) in [4.78, 5) is 24.8. The summed E-state index contributed by atoms with van der Waals surface area (Å²) in [5.41, 5.74) is 1.84. The highest BCUT2D eigenvalue weighted by atomic mass is 16.5. The van der Waals surface area contributed by atoms with Crippen molar-refractivity contribution in [2.24, 2.45) is 0 Å². The molecule has 2 N–H and O–H groups in total. The van der Waals surface area contributed by atoms with Crippen molar-refractivity contribution in [2.45, 2.75) is 58.5 Å². The summed E-state index contributed by atoms with van der Waals surface area (Å²) in [6.45, 7) is 6.46. The fourth-order valence-corrected chi connectivity index (χ4v) is 3.07.